The highest BCUT2D eigenvalue weighted by atomic mass is 16.5. The Balaban J connectivity index is 2.20. The van der Waals surface area contributed by atoms with E-state index in [1.54, 1.807) is 4.90 Å². The molecule has 0 aliphatic carbocycles. The summed E-state index contributed by atoms with van der Waals surface area (Å²) in [5.41, 5.74) is 0. The van der Waals surface area contributed by atoms with Crippen LogP contribution in [0.5, 0.6) is 0 Å². The molecule has 88 valence electrons. The fraction of sp³-hybridized carbons (Fsp3) is 0.909. The van der Waals surface area contributed by atoms with Gasteiger partial charge >= 0.3 is 0 Å². The first kappa shape index (κ1) is 12.5. The Morgan fingerprint density at radius 2 is 2.07 bits per heavy atom. The third kappa shape index (κ3) is 4.18. The monoisotopic (exact) mass is 214 g/mol. The third-order valence-corrected chi connectivity index (χ3v) is 2.90. The lowest BCUT2D eigenvalue weighted by molar-refractivity contribution is -0.138. The van der Waals surface area contributed by atoms with Crippen LogP contribution in [0.3, 0.4) is 0 Å². The zero-order valence-electron chi connectivity index (χ0n) is 9.95. The average Bonchev–Trinajstić information content (AvgIpc) is 2.26. The van der Waals surface area contributed by atoms with Gasteiger partial charge in [0.05, 0.1) is 6.10 Å². The van der Waals surface area contributed by atoms with Crippen LogP contribution in [0.2, 0.25) is 0 Å². The fourth-order valence-electron chi connectivity index (χ4n) is 1.54. The lowest BCUT2D eigenvalue weighted by Crippen LogP contribution is -2.38. The van der Waals surface area contributed by atoms with Crippen molar-refractivity contribution in [2.45, 2.75) is 38.8 Å². The largest absolute Gasteiger partial charge is 0.368 e. The molecule has 1 fully saturated rings. The van der Waals surface area contributed by atoms with Crippen LogP contribution in [0.4, 0.5) is 0 Å². The van der Waals surface area contributed by atoms with Gasteiger partial charge in [-0.1, -0.05) is 0 Å². The highest BCUT2D eigenvalue weighted by molar-refractivity contribution is 5.77. The van der Waals surface area contributed by atoms with Gasteiger partial charge in [0.15, 0.2) is 0 Å². The van der Waals surface area contributed by atoms with Gasteiger partial charge in [0, 0.05) is 13.1 Å². The fourth-order valence-corrected chi connectivity index (χ4v) is 1.54. The first-order valence-corrected chi connectivity index (χ1v) is 5.69. The van der Waals surface area contributed by atoms with Gasteiger partial charge in [-0.05, 0) is 39.8 Å². The summed E-state index contributed by atoms with van der Waals surface area (Å²) in [5, 5.41) is 3.27. The molecule has 0 radical (unpaired) electrons. The van der Waals surface area contributed by atoms with Crippen molar-refractivity contribution in [3.05, 3.63) is 0 Å². The molecule has 0 saturated carbocycles. The first-order chi connectivity index (χ1) is 7.11. The SMILES string of the molecule is CC(C)N(C)C(=O)COC1CCNCC1. The second-order valence-electron chi connectivity index (χ2n) is 4.36. The number of nitrogens with one attached hydrogen (secondary N) is 1. The summed E-state index contributed by atoms with van der Waals surface area (Å²) < 4.78 is 5.58. The molecular formula is C11H22N2O2. The van der Waals surface area contributed by atoms with Crippen molar-refractivity contribution >= 4 is 5.91 Å². The smallest absolute Gasteiger partial charge is 0.248 e. The van der Waals surface area contributed by atoms with E-state index in [0.717, 1.165) is 25.9 Å². The molecule has 4 nitrogen and oxygen atoms in total. The number of likely N-dealkylation sites (N-methyl/N-ethyl adjacent to an activating group) is 1. The van der Waals surface area contributed by atoms with E-state index in [2.05, 4.69) is 5.32 Å². The van der Waals surface area contributed by atoms with Crippen molar-refractivity contribution in [3.63, 3.8) is 0 Å². The molecule has 0 bridgehead atoms. The number of piperidine rings is 1. The summed E-state index contributed by atoms with van der Waals surface area (Å²) in [6.07, 6.45) is 2.29. The number of rotatable bonds is 4. The van der Waals surface area contributed by atoms with Crippen molar-refractivity contribution in [1.29, 1.82) is 0 Å². The van der Waals surface area contributed by atoms with E-state index in [9.17, 15) is 4.79 Å². The van der Waals surface area contributed by atoms with E-state index in [1.807, 2.05) is 20.9 Å². The van der Waals surface area contributed by atoms with Gasteiger partial charge in [-0.3, -0.25) is 4.79 Å². The molecule has 0 spiro atoms. The molecule has 1 rings (SSSR count). The Kier molecular flexibility index (Phi) is 5.05. The number of hydrogen-bond acceptors (Lipinski definition) is 3. The highest BCUT2D eigenvalue weighted by Gasteiger charge is 2.17. The summed E-state index contributed by atoms with van der Waals surface area (Å²) in [7, 11) is 1.82. The number of ether oxygens (including phenoxy) is 1. The molecule has 0 atom stereocenters. The predicted molar refractivity (Wildman–Crippen MR) is 59.7 cm³/mol. The van der Waals surface area contributed by atoms with Crippen LogP contribution in [0.15, 0.2) is 0 Å². The minimum Gasteiger partial charge on any atom is -0.368 e. The van der Waals surface area contributed by atoms with E-state index in [-0.39, 0.29) is 24.7 Å². The summed E-state index contributed by atoms with van der Waals surface area (Å²) in [6, 6.07) is 0.245. The molecule has 0 aromatic heterocycles. The molecule has 15 heavy (non-hydrogen) atoms. The highest BCUT2D eigenvalue weighted by Crippen LogP contribution is 2.07. The molecule has 1 aliphatic heterocycles. The number of nitrogens with zero attached hydrogens (tertiary/aromatic N) is 1. The van der Waals surface area contributed by atoms with Crippen molar-refractivity contribution in [2.24, 2.45) is 0 Å². The minimum atomic E-state index is 0.0727. The van der Waals surface area contributed by atoms with Crippen LogP contribution in [0.1, 0.15) is 26.7 Å². The van der Waals surface area contributed by atoms with Gasteiger partial charge < -0.3 is 15.0 Å². The maximum absolute atomic E-state index is 11.6. The topological polar surface area (TPSA) is 41.6 Å². The lowest BCUT2D eigenvalue weighted by atomic mass is 10.1. The van der Waals surface area contributed by atoms with Crippen LogP contribution < -0.4 is 5.32 Å². The normalized spacial score (nSPS) is 18.1. The predicted octanol–water partition coefficient (Wildman–Crippen LogP) is 0.622. The zero-order valence-corrected chi connectivity index (χ0v) is 9.95. The third-order valence-electron chi connectivity index (χ3n) is 2.90. The molecule has 1 heterocycles. The minimum absolute atomic E-state index is 0.0727. The van der Waals surface area contributed by atoms with E-state index in [1.165, 1.54) is 0 Å². The van der Waals surface area contributed by atoms with Gasteiger partial charge in [-0.15, -0.1) is 0 Å². The maximum Gasteiger partial charge on any atom is 0.248 e. The molecule has 1 amide bonds. The number of hydrogen-bond donors (Lipinski definition) is 1. The van der Waals surface area contributed by atoms with Crippen molar-refractivity contribution in [3.8, 4) is 0 Å². The molecule has 1 saturated heterocycles. The van der Waals surface area contributed by atoms with Crippen LogP contribution in [0, 0.1) is 0 Å². The second-order valence-corrected chi connectivity index (χ2v) is 4.36. The maximum atomic E-state index is 11.6. The molecule has 4 heteroatoms. The summed E-state index contributed by atoms with van der Waals surface area (Å²) >= 11 is 0. The van der Waals surface area contributed by atoms with Crippen LogP contribution >= 0.6 is 0 Å². The van der Waals surface area contributed by atoms with Crippen LogP contribution in [-0.4, -0.2) is 49.7 Å². The zero-order chi connectivity index (χ0) is 11.3. The summed E-state index contributed by atoms with van der Waals surface area (Å²) in [5.74, 6) is 0.0727. The van der Waals surface area contributed by atoms with E-state index in [0.29, 0.717) is 0 Å². The number of amides is 1. The summed E-state index contributed by atoms with van der Waals surface area (Å²) in [6.45, 7) is 6.22. The van der Waals surface area contributed by atoms with Crippen molar-refractivity contribution < 1.29 is 9.53 Å². The van der Waals surface area contributed by atoms with Crippen LogP contribution in [0.25, 0.3) is 0 Å². The first-order valence-electron chi connectivity index (χ1n) is 5.69. The second kappa shape index (κ2) is 6.08. The standard InChI is InChI=1S/C11H22N2O2/c1-9(2)13(3)11(14)8-15-10-4-6-12-7-5-10/h9-10,12H,4-8H2,1-3H3. The molecule has 1 N–H and O–H groups in total. The lowest BCUT2D eigenvalue weighted by Gasteiger charge is -2.25. The van der Waals surface area contributed by atoms with Crippen LogP contribution in [-0.2, 0) is 9.53 Å². The van der Waals surface area contributed by atoms with Gasteiger partial charge in [-0.25, -0.2) is 0 Å². The molecule has 0 aromatic rings. The molecule has 0 aromatic carbocycles. The average molecular weight is 214 g/mol. The Labute approximate surface area is 92.0 Å². The number of carbonyl (C=O) groups is 1. The van der Waals surface area contributed by atoms with Crippen molar-refractivity contribution in [1.82, 2.24) is 10.2 Å². The van der Waals surface area contributed by atoms with Gasteiger partial charge in [-0.2, -0.15) is 0 Å². The van der Waals surface area contributed by atoms with E-state index < -0.39 is 0 Å². The van der Waals surface area contributed by atoms with Gasteiger partial charge in [0.2, 0.25) is 5.91 Å². The Hall–Kier alpha value is -0.610. The molecule has 1 aliphatic rings. The Morgan fingerprint density at radius 1 is 1.47 bits per heavy atom. The van der Waals surface area contributed by atoms with Gasteiger partial charge in [0.1, 0.15) is 6.61 Å². The van der Waals surface area contributed by atoms with Crippen molar-refractivity contribution in [2.75, 3.05) is 26.7 Å². The van der Waals surface area contributed by atoms with E-state index in [4.69, 9.17) is 4.74 Å². The van der Waals surface area contributed by atoms with Gasteiger partial charge in [0.25, 0.3) is 0 Å². The molecule has 0 unspecified atom stereocenters. The number of carbonyl (C=O) groups excluding carboxylic acids is 1. The molecular weight excluding hydrogens is 192 g/mol. The Bertz CT molecular complexity index is 201. The van der Waals surface area contributed by atoms with E-state index >= 15 is 0 Å². The summed E-state index contributed by atoms with van der Waals surface area (Å²) in [4.78, 5) is 13.3. The Morgan fingerprint density at radius 3 is 2.60 bits per heavy atom. The quantitative estimate of drug-likeness (QED) is 0.746.